The van der Waals surface area contributed by atoms with E-state index in [2.05, 4.69) is 10.2 Å². The third-order valence-electron chi connectivity index (χ3n) is 12.3. The van der Waals surface area contributed by atoms with Crippen LogP contribution in [0.25, 0.3) is 11.1 Å². The van der Waals surface area contributed by atoms with Crippen molar-refractivity contribution in [3.05, 3.63) is 63.6 Å². The minimum absolute atomic E-state index is 0.0231. The lowest BCUT2D eigenvalue weighted by Crippen LogP contribution is -2.53. The number of nitrogens with zero attached hydrogens (tertiary/aromatic N) is 6. The van der Waals surface area contributed by atoms with Crippen molar-refractivity contribution < 1.29 is 33.1 Å². The third-order valence-corrected chi connectivity index (χ3v) is 12.3. The molecule has 1 atom stereocenters. The number of oxazole rings is 1. The zero-order valence-electron chi connectivity index (χ0n) is 33.7. The number of piperidine rings is 3. The van der Waals surface area contributed by atoms with Crippen molar-refractivity contribution in [2.75, 3.05) is 78.4 Å². The van der Waals surface area contributed by atoms with E-state index in [-0.39, 0.29) is 36.3 Å². The van der Waals surface area contributed by atoms with Gasteiger partial charge in [-0.15, -0.1) is 0 Å². The molecule has 5 heterocycles. The van der Waals surface area contributed by atoms with Crippen LogP contribution in [0.15, 0.2) is 45.6 Å². The lowest BCUT2D eigenvalue weighted by molar-refractivity contribution is -0.151. The average molecular weight is 788 g/mol. The normalized spacial score (nSPS) is 19.7. The Labute approximate surface area is 333 Å². The van der Waals surface area contributed by atoms with Crippen molar-refractivity contribution in [3.8, 4) is 0 Å². The fourth-order valence-corrected chi connectivity index (χ4v) is 8.99. The Bertz CT molecular complexity index is 1990. The molecule has 308 valence electrons. The number of carbonyl (C=O) groups is 4. The monoisotopic (exact) mass is 787 g/mol. The topological polar surface area (TPSA) is 150 Å². The van der Waals surface area contributed by atoms with E-state index in [0.717, 1.165) is 67.6 Å². The van der Waals surface area contributed by atoms with Crippen LogP contribution in [-0.4, -0.2) is 144 Å². The number of rotatable bonds is 10. The van der Waals surface area contributed by atoms with Crippen molar-refractivity contribution in [3.63, 3.8) is 0 Å². The first-order valence-corrected chi connectivity index (χ1v) is 20.5. The van der Waals surface area contributed by atoms with Crippen LogP contribution in [0.2, 0.25) is 0 Å². The summed E-state index contributed by atoms with van der Waals surface area (Å²) in [5, 5.41) is 3.05. The summed E-state index contributed by atoms with van der Waals surface area (Å²) in [4.78, 5) is 76.0. The van der Waals surface area contributed by atoms with Gasteiger partial charge in [0.15, 0.2) is 11.7 Å². The van der Waals surface area contributed by atoms with E-state index in [1.165, 1.54) is 4.57 Å². The number of esters is 1. The number of aromatic nitrogens is 1. The molecule has 0 saturated carbocycles. The van der Waals surface area contributed by atoms with Gasteiger partial charge in [-0.3, -0.25) is 14.2 Å². The number of hydrogen-bond donors (Lipinski definition) is 1. The second-order valence-corrected chi connectivity index (χ2v) is 16.3. The molecule has 2 aromatic carbocycles. The Morgan fingerprint density at radius 2 is 1.58 bits per heavy atom. The third kappa shape index (κ3) is 9.30. The van der Waals surface area contributed by atoms with Gasteiger partial charge in [0, 0.05) is 70.5 Å². The Morgan fingerprint density at radius 1 is 0.895 bits per heavy atom. The highest BCUT2D eigenvalue weighted by molar-refractivity contribution is 5.91. The number of likely N-dealkylation sites (N-methyl/N-ethyl adjacent to an activating group) is 1. The fourth-order valence-electron chi connectivity index (χ4n) is 8.99. The van der Waals surface area contributed by atoms with Crippen LogP contribution in [0.1, 0.15) is 55.2 Å². The molecule has 1 N–H and O–H groups in total. The number of benzene rings is 2. The number of amides is 4. The maximum absolute atomic E-state index is 14.3. The Balaban J connectivity index is 0.971. The van der Waals surface area contributed by atoms with Crippen molar-refractivity contribution in [2.45, 2.75) is 76.5 Å². The van der Waals surface area contributed by atoms with Crippen LogP contribution >= 0.6 is 0 Å². The second kappa shape index (κ2) is 17.7. The minimum atomic E-state index is -1.08. The summed E-state index contributed by atoms with van der Waals surface area (Å²) < 4.78 is 18.6. The van der Waals surface area contributed by atoms with E-state index in [1.54, 1.807) is 22.9 Å². The van der Waals surface area contributed by atoms with Gasteiger partial charge in [-0.25, -0.2) is 14.4 Å². The smallest absolute Gasteiger partial charge is 0.419 e. The number of ether oxygens (including phenoxy) is 2. The summed E-state index contributed by atoms with van der Waals surface area (Å²) in [5.41, 5.74) is 4.59. The van der Waals surface area contributed by atoms with Crippen LogP contribution in [0.3, 0.4) is 0 Å². The molecule has 0 unspecified atom stereocenters. The number of carbonyl (C=O) groups excluding carboxylic acids is 4. The van der Waals surface area contributed by atoms with Gasteiger partial charge >= 0.3 is 23.8 Å². The maximum Gasteiger partial charge on any atom is 0.419 e. The standard InChI is InChI=1S/C42H57N7O8/c1-28-25-29(26-35-37(28)45(4)41(53)56-35)27-36(38(50)47-18-12-32(13-19-47)46-16-9-31(10-17-46)39(51)55-24-23-44(2)3)57-42(54)48-20-14-33(15-21-48)49-22-11-30-7-5-6-8-34(30)43-40(49)52/h5-8,25-26,31-33,36H,9-24,27H2,1-4H3,(H,43,52)/t36-/m1/s1. The van der Waals surface area contributed by atoms with Crippen LogP contribution in [-0.2, 0) is 39.0 Å². The fraction of sp³-hybridized carbons (Fsp3) is 0.595. The molecule has 3 fully saturated rings. The lowest BCUT2D eigenvalue weighted by atomic mass is 9.93. The summed E-state index contributed by atoms with van der Waals surface area (Å²) in [6.07, 6.45) is 3.54. The number of urea groups is 1. The van der Waals surface area contributed by atoms with Gasteiger partial charge < -0.3 is 43.7 Å². The molecule has 3 saturated heterocycles. The van der Waals surface area contributed by atoms with Gasteiger partial charge in [0.1, 0.15) is 6.61 Å². The summed E-state index contributed by atoms with van der Waals surface area (Å²) >= 11 is 0. The highest BCUT2D eigenvalue weighted by atomic mass is 16.6. The number of likely N-dealkylation sites (tertiary alicyclic amines) is 3. The molecule has 4 aliphatic heterocycles. The van der Waals surface area contributed by atoms with Crippen LogP contribution in [0, 0.1) is 12.8 Å². The molecule has 3 aromatic rings. The second-order valence-electron chi connectivity index (χ2n) is 16.3. The highest BCUT2D eigenvalue weighted by Crippen LogP contribution is 2.28. The number of nitrogens with one attached hydrogen (secondary N) is 1. The molecular weight excluding hydrogens is 731 g/mol. The summed E-state index contributed by atoms with van der Waals surface area (Å²) in [7, 11) is 5.56. The van der Waals surface area contributed by atoms with Crippen LogP contribution < -0.4 is 11.1 Å². The van der Waals surface area contributed by atoms with E-state index >= 15 is 0 Å². The molecule has 0 radical (unpaired) electrons. The van der Waals surface area contributed by atoms with Crippen LogP contribution in [0.4, 0.5) is 15.3 Å². The molecule has 7 rings (SSSR count). The minimum Gasteiger partial charge on any atom is -0.464 e. The summed E-state index contributed by atoms with van der Waals surface area (Å²) in [5.74, 6) is -0.905. The number of aryl methyl sites for hydroxylation is 2. The molecule has 4 amide bonds. The van der Waals surface area contributed by atoms with Crippen molar-refractivity contribution >= 4 is 40.8 Å². The van der Waals surface area contributed by atoms with Crippen molar-refractivity contribution in [1.29, 1.82) is 0 Å². The molecule has 15 heteroatoms. The number of fused-ring (bicyclic) bond motifs is 2. The average Bonchev–Trinajstić information content (AvgIpc) is 3.38. The number of para-hydroxylation sites is 1. The first kappa shape index (κ1) is 40.3. The Morgan fingerprint density at radius 3 is 2.30 bits per heavy atom. The maximum atomic E-state index is 14.3. The van der Waals surface area contributed by atoms with Gasteiger partial charge in [-0.1, -0.05) is 24.3 Å². The van der Waals surface area contributed by atoms with Crippen LogP contribution in [0.5, 0.6) is 0 Å². The van der Waals surface area contributed by atoms with E-state index in [0.29, 0.717) is 75.9 Å². The van der Waals surface area contributed by atoms with E-state index in [1.807, 2.05) is 61.2 Å². The first-order chi connectivity index (χ1) is 27.4. The Kier molecular flexibility index (Phi) is 12.5. The van der Waals surface area contributed by atoms with E-state index in [4.69, 9.17) is 13.9 Å². The molecule has 0 aliphatic carbocycles. The predicted octanol–water partition coefficient (Wildman–Crippen LogP) is 3.85. The quantitative estimate of drug-likeness (QED) is 0.301. The van der Waals surface area contributed by atoms with Gasteiger partial charge in [-0.2, -0.15) is 0 Å². The zero-order chi connectivity index (χ0) is 40.2. The largest absolute Gasteiger partial charge is 0.464 e. The number of anilines is 1. The van der Waals surface area contributed by atoms with Gasteiger partial charge in [0.25, 0.3) is 5.91 Å². The summed E-state index contributed by atoms with van der Waals surface area (Å²) in [6, 6.07) is 11.7. The lowest BCUT2D eigenvalue weighted by Gasteiger charge is -2.42. The zero-order valence-corrected chi connectivity index (χ0v) is 33.7. The van der Waals surface area contributed by atoms with Gasteiger partial charge in [0.2, 0.25) is 0 Å². The molecule has 1 aromatic heterocycles. The molecule has 0 bridgehead atoms. The van der Waals surface area contributed by atoms with E-state index in [9.17, 15) is 24.0 Å². The highest BCUT2D eigenvalue weighted by Gasteiger charge is 2.37. The molecular formula is C42H57N7O8. The van der Waals surface area contributed by atoms with E-state index < -0.39 is 18.0 Å². The Hall–Kier alpha value is -4.89. The SMILES string of the molecule is Cc1cc(C[C@@H](OC(=O)N2CCC(N3CCc4ccccc4NC3=O)CC2)C(=O)N2CCC(N3CCC(C(=O)OCCN(C)C)CC3)CC2)cc2oc(=O)n(C)c12. The van der Waals surface area contributed by atoms with Crippen molar-refractivity contribution in [1.82, 2.24) is 29.1 Å². The summed E-state index contributed by atoms with van der Waals surface area (Å²) in [6.45, 7) is 7.09. The van der Waals surface area contributed by atoms with Crippen molar-refractivity contribution in [2.24, 2.45) is 13.0 Å². The first-order valence-electron chi connectivity index (χ1n) is 20.5. The molecule has 4 aliphatic rings. The number of hydrogen-bond acceptors (Lipinski definition) is 10. The molecule has 0 spiro atoms. The molecule has 57 heavy (non-hydrogen) atoms. The van der Waals surface area contributed by atoms with Gasteiger partial charge in [-0.05, 0) is 108 Å². The van der Waals surface area contributed by atoms with Gasteiger partial charge in [0.05, 0.1) is 11.4 Å². The predicted molar refractivity (Wildman–Crippen MR) is 214 cm³/mol. The molecule has 15 nitrogen and oxygen atoms in total.